The van der Waals surface area contributed by atoms with E-state index in [2.05, 4.69) is 19.4 Å². The molecule has 12 heteroatoms. The van der Waals surface area contributed by atoms with Gasteiger partial charge in [-0.25, -0.2) is 19.2 Å². The van der Waals surface area contributed by atoms with Crippen LogP contribution in [0.25, 0.3) is 11.0 Å². The minimum atomic E-state index is -0.959. The normalized spacial score (nSPS) is 20.0. The van der Waals surface area contributed by atoms with Crippen LogP contribution in [0.3, 0.4) is 0 Å². The molecule has 5 aromatic rings. The molecule has 0 bridgehead atoms. The van der Waals surface area contributed by atoms with Crippen molar-refractivity contribution in [2.75, 3.05) is 13.1 Å². The zero-order valence-corrected chi connectivity index (χ0v) is 24.0. The van der Waals surface area contributed by atoms with E-state index in [0.717, 1.165) is 53.5 Å². The molecule has 1 aliphatic carbocycles. The average molecular weight is 605 g/mol. The van der Waals surface area contributed by atoms with E-state index in [1.165, 1.54) is 6.07 Å². The molecule has 2 aliphatic rings. The molecule has 214 valence electrons. The van der Waals surface area contributed by atoms with Gasteiger partial charge >= 0.3 is 5.97 Å². The fourth-order valence-corrected chi connectivity index (χ4v) is 6.69. The Morgan fingerprint density at radius 2 is 2.10 bits per heavy atom. The van der Waals surface area contributed by atoms with Gasteiger partial charge in [-0.3, -0.25) is 9.88 Å². The van der Waals surface area contributed by atoms with Crippen LogP contribution in [0.1, 0.15) is 45.3 Å². The summed E-state index contributed by atoms with van der Waals surface area (Å²) >= 11 is 7.42. The van der Waals surface area contributed by atoms with Crippen molar-refractivity contribution in [1.29, 1.82) is 0 Å². The Labute approximate surface area is 249 Å². The predicted octanol–water partition coefficient (Wildman–Crippen LogP) is 5.56. The quantitative estimate of drug-likeness (QED) is 0.233. The van der Waals surface area contributed by atoms with Crippen molar-refractivity contribution < 1.29 is 19.0 Å². The van der Waals surface area contributed by atoms with E-state index < -0.39 is 11.8 Å². The lowest BCUT2D eigenvalue weighted by Gasteiger charge is -2.30. The number of imidazole rings is 1. The number of aromatic nitrogens is 5. The van der Waals surface area contributed by atoms with Gasteiger partial charge < -0.3 is 14.4 Å². The van der Waals surface area contributed by atoms with Crippen molar-refractivity contribution in [3.63, 3.8) is 0 Å². The summed E-state index contributed by atoms with van der Waals surface area (Å²) in [6.45, 7) is 3.03. The molecule has 0 amide bonds. The third kappa shape index (κ3) is 5.12. The Morgan fingerprint density at radius 3 is 2.88 bits per heavy atom. The van der Waals surface area contributed by atoms with Gasteiger partial charge in [0.15, 0.2) is 0 Å². The SMILES string of the molecule is O=C(O)c1ccc2nc(CN3CC[C@@]4(c5nccc(OCc6ccc(Cl)cc6F)n5)C[C@H]4C3)n(Cc3cncs3)c2c1. The second-order valence-electron chi connectivity index (χ2n) is 10.9. The van der Waals surface area contributed by atoms with Gasteiger partial charge in [-0.1, -0.05) is 17.7 Å². The number of carboxylic acids is 1. The monoisotopic (exact) mass is 604 g/mol. The van der Waals surface area contributed by atoms with Crippen molar-refractivity contribution in [2.45, 2.75) is 38.0 Å². The van der Waals surface area contributed by atoms with Gasteiger partial charge in [-0.2, -0.15) is 4.98 Å². The first-order valence-electron chi connectivity index (χ1n) is 13.6. The molecule has 42 heavy (non-hydrogen) atoms. The minimum absolute atomic E-state index is 0.0557. The van der Waals surface area contributed by atoms with Gasteiger partial charge in [0.1, 0.15) is 24.1 Å². The Bertz CT molecular complexity index is 1800. The van der Waals surface area contributed by atoms with E-state index in [9.17, 15) is 14.3 Å². The standard InChI is InChI=1S/C30H26ClFN6O3S/c31-21-3-1-19(23(32)10-21)16-41-27-5-7-34-29(36-27)30-6-8-37(13-20(30)11-30)15-26-35-24-4-2-18(28(39)40)9-25(24)38(26)14-22-12-33-17-42-22/h1-5,7,9-10,12,17,20H,6,8,11,13-16H2,(H,39,40)/t20-,30+/m0/s1. The van der Waals surface area contributed by atoms with Gasteiger partial charge in [-0.15, -0.1) is 11.3 Å². The number of aromatic carboxylic acids is 1. The van der Waals surface area contributed by atoms with Crippen LogP contribution < -0.4 is 4.74 Å². The van der Waals surface area contributed by atoms with Crippen LogP contribution in [0.4, 0.5) is 4.39 Å². The molecule has 1 aliphatic heterocycles. The number of ether oxygens (including phenoxy) is 1. The number of rotatable bonds is 9. The maximum absolute atomic E-state index is 14.2. The Hall–Kier alpha value is -3.93. The number of carboxylic acid groups (broad SMARTS) is 1. The smallest absolute Gasteiger partial charge is 0.335 e. The summed E-state index contributed by atoms with van der Waals surface area (Å²) in [5, 5.41) is 9.89. The summed E-state index contributed by atoms with van der Waals surface area (Å²) in [6, 6.07) is 11.3. The molecule has 2 aromatic carbocycles. The molecule has 4 heterocycles. The number of hydrogen-bond donors (Lipinski definition) is 1. The molecule has 2 atom stereocenters. The Kier molecular flexibility index (Phi) is 6.88. The Balaban J connectivity index is 1.06. The summed E-state index contributed by atoms with van der Waals surface area (Å²) in [5.74, 6) is 1.14. The van der Waals surface area contributed by atoms with Gasteiger partial charge in [0, 0.05) is 45.9 Å². The average Bonchev–Trinajstić information content (AvgIpc) is 3.30. The zero-order valence-electron chi connectivity index (χ0n) is 22.4. The third-order valence-electron chi connectivity index (χ3n) is 8.29. The maximum atomic E-state index is 14.2. The molecule has 0 radical (unpaired) electrons. The number of carbonyl (C=O) groups is 1. The van der Waals surface area contributed by atoms with Gasteiger partial charge in [-0.05, 0) is 55.6 Å². The molecular weight excluding hydrogens is 579 g/mol. The zero-order chi connectivity index (χ0) is 28.8. The molecule has 3 aromatic heterocycles. The lowest BCUT2D eigenvalue weighted by Crippen LogP contribution is -2.37. The van der Waals surface area contributed by atoms with E-state index in [1.807, 2.05) is 6.20 Å². The lowest BCUT2D eigenvalue weighted by atomic mass is 9.94. The summed E-state index contributed by atoms with van der Waals surface area (Å²) in [4.78, 5) is 33.6. The van der Waals surface area contributed by atoms with Crippen LogP contribution in [0.5, 0.6) is 5.88 Å². The number of benzene rings is 2. The highest BCUT2D eigenvalue weighted by molar-refractivity contribution is 7.09. The second-order valence-corrected chi connectivity index (χ2v) is 12.3. The van der Waals surface area contributed by atoms with Gasteiger partial charge in [0.05, 0.1) is 35.2 Å². The molecule has 7 rings (SSSR count). The third-order valence-corrected chi connectivity index (χ3v) is 9.29. The summed E-state index contributed by atoms with van der Waals surface area (Å²) < 4.78 is 22.1. The maximum Gasteiger partial charge on any atom is 0.335 e. The molecule has 1 saturated carbocycles. The molecule has 0 spiro atoms. The number of hydrogen-bond acceptors (Lipinski definition) is 8. The fraction of sp³-hybridized carbons (Fsp3) is 0.300. The highest BCUT2D eigenvalue weighted by Crippen LogP contribution is 2.58. The molecule has 1 N–H and O–H groups in total. The molecule has 1 saturated heterocycles. The van der Waals surface area contributed by atoms with E-state index in [4.69, 9.17) is 26.3 Å². The summed E-state index contributed by atoms with van der Waals surface area (Å²) in [7, 11) is 0. The van der Waals surface area contributed by atoms with E-state index in [0.29, 0.717) is 35.5 Å². The van der Waals surface area contributed by atoms with Crippen LogP contribution in [0.15, 0.2) is 60.4 Å². The van der Waals surface area contributed by atoms with E-state index in [1.54, 1.807) is 59.4 Å². The number of piperidine rings is 1. The summed E-state index contributed by atoms with van der Waals surface area (Å²) in [5.41, 5.74) is 3.95. The van der Waals surface area contributed by atoms with Gasteiger partial charge in [0.2, 0.25) is 5.88 Å². The predicted molar refractivity (Wildman–Crippen MR) is 155 cm³/mol. The largest absolute Gasteiger partial charge is 0.478 e. The van der Waals surface area contributed by atoms with Crippen molar-refractivity contribution in [2.24, 2.45) is 5.92 Å². The number of fused-ring (bicyclic) bond motifs is 2. The van der Waals surface area contributed by atoms with Crippen LogP contribution in [-0.2, 0) is 25.1 Å². The first kappa shape index (κ1) is 26.9. The summed E-state index contributed by atoms with van der Waals surface area (Å²) in [6.07, 6.45) is 5.45. The number of thiazole rings is 1. The highest BCUT2D eigenvalue weighted by atomic mass is 35.5. The topological polar surface area (TPSA) is 106 Å². The van der Waals surface area contributed by atoms with Crippen molar-refractivity contribution >= 4 is 39.9 Å². The number of nitrogens with zero attached hydrogens (tertiary/aromatic N) is 6. The fourth-order valence-electron chi connectivity index (χ4n) is 5.95. The number of halogens is 2. The van der Waals surface area contributed by atoms with Crippen LogP contribution in [0, 0.1) is 11.7 Å². The number of likely N-dealkylation sites (tertiary alicyclic amines) is 1. The van der Waals surface area contributed by atoms with Crippen molar-refractivity contribution in [1.82, 2.24) is 29.4 Å². The molecule has 2 fully saturated rings. The molecule has 9 nitrogen and oxygen atoms in total. The van der Waals surface area contributed by atoms with Crippen LogP contribution >= 0.6 is 22.9 Å². The van der Waals surface area contributed by atoms with Crippen molar-refractivity contribution in [3.05, 3.63) is 98.9 Å². The Morgan fingerprint density at radius 1 is 1.19 bits per heavy atom. The minimum Gasteiger partial charge on any atom is -0.478 e. The lowest BCUT2D eigenvalue weighted by molar-refractivity contribution is 0.0697. The highest BCUT2D eigenvalue weighted by Gasteiger charge is 2.59. The first-order chi connectivity index (χ1) is 20.4. The molecular formula is C30H26ClFN6O3S. The van der Waals surface area contributed by atoms with Crippen molar-refractivity contribution in [3.8, 4) is 5.88 Å². The van der Waals surface area contributed by atoms with Gasteiger partial charge in [0.25, 0.3) is 0 Å². The van der Waals surface area contributed by atoms with Crippen LogP contribution in [0.2, 0.25) is 5.02 Å². The first-order valence-corrected chi connectivity index (χ1v) is 14.9. The second kappa shape index (κ2) is 10.7. The molecule has 0 unspecified atom stereocenters. The van der Waals surface area contributed by atoms with E-state index in [-0.39, 0.29) is 17.6 Å². The van der Waals surface area contributed by atoms with Crippen LogP contribution in [-0.4, -0.2) is 53.6 Å². The van der Waals surface area contributed by atoms with E-state index >= 15 is 0 Å².